The molecule has 0 bridgehead atoms. The van der Waals surface area contributed by atoms with Gasteiger partial charge in [0.2, 0.25) is 0 Å². The average Bonchev–Trinajstić information content (AvgIpc) is 2.40. The molecule has 19 heavy (non-hydrogen) atoms. The fraction of sp³-hybridized carbons (Fsp3) is 0.667. The van der Waals surface area contributed by atoms with Gasteiger partial charge in [-0.05, 0) is 44.9 Å². The number of rotatable bonds is 5. The number of piperidine rings is 1. The number of nitrogens with zero attached hydrogens (tertiary/aromatic N) is 2. The Bertz CT molecular complexity index is 368. The van der Waals surface area contributed by atoms with Crippen LogP contribution in [0.5, 0.6) is 0 Å². The summed E-state index contributed by atoms with van der Waals surface area (Å²) in [7, 11) is 4.01. The van der Waals surface area contributed by atoms with Gasteiger partial charge in [0, 0.05) is 26.2 Å². The summed E-state index contributed by atoms with van der Waals surface area (Å²) in [5, 5.41) is 7.13. The molecule has 2 atom stereocenters. The van der Waals surface area contributed by atoms with E-state index >= 15 is 0 Å². The van der Waals surface area contributed by atoms with Crippen molar-refractivity contribution in [2.24, 2.45) is 0 Å². The molecule has 2 unspecified atom stereocenters. The van der Waals surface area contributed by atoms with Crippen LogP contribution in [0.3, 0.4) is 0 Å². The van der Waals surface area contributed by atoms with Gasteiger partial charge in [0.05, 0.1) is 11.9 Å². The number of pyridine rings is 1. The molecule has 2 N–H and O–H groups in total. The minimum absolute atomic E-state index is 0.475. The topological polar surface area (TPSA) is 40.2 Å². The lowest BCUT2D eigenvalue weighted by atomic mass is 9.99. The SMILES string of the molecule is CC(CC1CCCCN1)Nc1ccc(N(C)C)nc1. The van der Waals surface area contributed by atoms with Crippen molar-refractivity contribution in [3.8, 4) is 0 Å². The average molecular weight is 262 g/mol. The maximum Gasteiger partial charge on any atom is 0.128 e. The highest BCUT2D eigenvalue weighted by atomic mass is 15.1. The van der Waals surface area contributed by atoms with Crippen molar-refractivity contribution < 1.29 is 0 Å². The Morgan fingerprint density at radius 2 is 2.26 bits per heavy atom. The van der Waals surface area contributed by atoms with Crippen molar-refractivity contribution in [2.75, 3.05) is 30.9 Å². The Hall–Kier alpha value is -1.29. The van der Waals surface area contributed by atoms with E-state index in [1.54, 1.807) is 0 Å². The number of hydrogen-bond acceptors (Lipinski definition) is 4. The zero-order valence-corrected chi connectivity index (χ0v) is 12.3. The molecule has 0 amide bonds. The third kappa shape index (κ3) is 4.39. The molecule has 1 aliphatic heterocycles. The molecule has 0 spiro atoms. The molecule has 106 valence electrons. The maximum absolute atomic E-state index is 4.43. The van der Waals surface area contributed by atoms with Crippen LogP contribution in [-0.2, 0) is 0 Å². The first-order valence-corrected chi connectivity index (χ1v) is 7.28. The van der Waals surface area contributed by atoms with E-state index < -0.39 is 0 Å². The highest BCUT2D eigenvalue weighted by Crippen LogP contribution is 2.16. The molecule has 2 rings (SSSR count). The molecule has 0 radical (unpaired) electrons. The highest BCUT2D eigenvalue weighted by Gasteiger charge is 2.15. The van der Waals surface area contributed by atoms with E-state index in [-0.39, 0.29) is 0 Å². The molecule has 2 heterocycles. The fourth-order valence-corrected chi connectivity index (χ4v) is 2.63. The molecule has 1 aliphatic rings. The van der Waals surface area contributed by atoms with Crippen LogP contribution in [0, 0.1) is 0 Å². The maximum atomic E-state index is 4.43. The molecule has 4 nitrogen and oxygen atoms in total. The van der Waals surface area contributed by atoms with Crippen molar-refractivity contribution in [2.45, 2.75) is 44.7 Å². The quantitative estimate of drug-likeness (QED) is 0.855. The van der Waals surface area contributed by atoms with Crippen LogP contribution in [-0.4, -0.2) is 37.7 Å². The van der Waals surface area contributed by atoms with Crippen LogP contribution in [0.2, 0.25) is 0 Å². The van der Waals surface area contributed by atoms with Gasteiger partial charge in [-0.3, -0.25) is 0 Å². The minimum Gasteiger partial charge on any atom is -0.381 e. The summed E-state index contributed by atoms with van der Waals surface area (Å²) < 4.78 is 0. The van der Waals surface area contributed by atoms with E-state index in [1.165, 1.54) is 32.2 Å². The number of nitrogens with one attached hydrogen (secondary N) is 2. The molecule has 1 aromatic rings. The highest BCUT2D eigenvalue weighted by molar-refractivity contribution is 5.48. The third-order valence-corrected chi connectivity index (χ3v) is 3.67. The van der Waals surface area contributed by atoms with Crippen LogP contribution >= 0.6 is 0 Å². The lowest BCUT2D eigenvalue weighted by Gasteiger charge is -2.27. The Balaban J connectivity index is 1.82. The van der Waals surface area contributed by atoms with Crippen molar-refractivity contribution in [3.05, 3.63) is 18.3 Å². The Kier molecular flexibility index (Phi) is 5.02. The summed E-state index contributed by atoms with van der Waals surface area (Å²) in [6.45, 7) is 3.42. The van der Waals surface area contributed by atoms with Gasteiger partial charge < -0.3 is 15.5 Å². The van der Waals surface area contributed by atoms with Gasteiger partial charge in [-0.25, -0.2) is 4.98 Å². The molecule has 0 aromatic carbocycles. The van der Waals surface area contributed by atoms with Crippen molar-refractivity contribution >= 4 is 11.5 Å². The minimum atomic E-state index is 0.475. The second-order valence-electron chi connectivity index (χ2n) is 5.73. The summed E-state index contributed by atoms with van der Waals surface area (Å²) in [6, 6.07) is 5.30. The van der Waals surface area contributed by atoms with E-state index in [0.717, 1.165) is 11.5 Å². The van der Waals surface area contributed by atoms with Crippen LogP contribution in [0.25, 0.3) is 0 Å². The standard InChI is InChI=1S/C15H26N4/c1-12(10-13-6-4-5-9-16-13)18-14-7-8-15(17-11-14)19(2)3/h7-8,11-13,16,18H,4-6,9-10H2,1-3H3. The Labute approximate surface area is 116 Å². The van der Waals surface area contributed by atoms with Crippen LogP contribution in [0.4, 0.5) is 11.5 Å². The summed E-state index contributed by atoms with van der Waals surface area (Å²) in [5.74, 6) is 0.993. The molecular formula is C15H26N4. The van der Waals surface area contributed by atoms with Crippen molar-refractivity contribution in [1.82, 2.24) is 10.3 Å². The smallest absolute Gasteiger partial charge is 0.128 e. The van der Waals surface area contributed by atoms with Gasteiger partial charge in [0.15, 0.2) is 0 Å². The van der Waals surface area contributed by atoms with E-state index in [9.17, 15) is 0 Å². The summed E-state index contributed by atoms with van der Waals surface area (Å²) in [6.07, 6.45) is 7.09. The molecule has 1 fully saturated rings. The normalized spacial score (nSPS) is 20.9. The molecule has 0 aliphatic carbocycles. The first-order chi connectivity index (χ1) is 9.15. The Morgan fingerprint density at radius 3 is 2.84 bits per heavy atom. The van der Waals surface area contributed by atoms with Crippen molar-refractivity contribution in [1.29, 1.82) is 0 Å². The number of anilines is 2. The first kappa shape index (κ1) is 14.1. The number of aromatic nitrogens is 1. The molecule has 1 saturated heterocycles. The predicted octanol–water partition coefficient (Wildman–Crippen LogP) is 2.48. The zero-order chi connectivity index (χ0) is 13.7. The summed E-state index contributed by atoms with van der Waals surface area (Å²) >= 11 is 0. The van der Waals surface area contributed by atoms with Gasteiger partial charge >= 0.3 is 0 Å². The van der Waals surface area contributed by atoms with E-state index in [1.807, 2.05) is 31.3 Å². The van der Waals surface area contributed by atoms with Crippen LogP contribution in [0.1, 0.15) is 32.6 Å². The molecule has 0 saturated carbocycles. The van der Waals surface area contributed by atoms with Crippen molar-refractivity contribution in [3.63, 3.8) is 0 Å². The van der Waals surface area contributed by atoms with Gasteiger partial charge in [0.1, 0.15) is 5.82 Å². The van der Waals surface area contributed by atoms with E-state index in [0.29, 0.717) is 12.1 Å². The van der Waals surface area contributed by atoms with Crippen LogP contribution in [0.15, 0.2) is 18.3 Å². The monoisotopic (exact) mass is 262 g/mol. The lowest BCUT2D eigenvalue weighted by molar-refractivity contribution is 0.371. The van der Waals surface area contributed by atoms with Gasteiger partial charge in [-0.2, -0.15) is 0 Å². The largest absolute Gasteiger partial charge is 0.381 e. The van der Waals surface area contributed by atoms with E-state index in [2.05, 4.69) is 28.6 Å². The molecule has 4 heteroatoms. The second kappa shape index (κ2) is 6.75. The summed E-state index contributed by atoms with van der Waals surface area (Å²) in [4.78, 5) is 6.44. The molecule has 1 aromatic heterocycles. The number of hydrogen-bond donors (Lipinski definition) is 2. The second-order valence-corrected chi connectivity index (χ2v) is 5.73. The third-order valence-electron chi connectivity index (χ3n) is 3.67. The van der Waals surface area contributed by atoms with Crippen LogP contribution < -0.4 is 15.5 Å². The lowest BCUT2D eigenvalue weighted by Crippen LogP contribution is -2.37. The summed E-state index contributed by atoms with van der Waals surface area (Å²) in [5.41, 5.74) is 1.11. The van der Waals surface area contributed by atoms with Gasteiger partial charge in [0.25, 0.3) is 0 Å². The first-order valence-electron chi connectivity index (χ1n) is 7.28. The van der Waals surface area contributed by atoms with Gasteiger partial charge in [-0.15, -0.1) is 0 Å². The fourth-order valence-electron chi connectivity index (χ4n) is 2.63. The Morgan fingerprint density at radius 1 is 1.42 bits per heavy atom. The molecular weight excluding hydrogens is 236 g/mol. The predicted molar refractivity (Wildman–Crippen MR) is 81.9 cm³/mol. The zero-order valence-electron chi connectivity index (χ0n) is 12.3. The van der Waals surface area contributed by atoms with Gasteiger partial charge in [-0.1, -0.05) is 6.42 Å². The van der Waals surface area contributed by atoms with E-state index in [4.69, 9.17) is 0 Å².